The van der Waals surface area contributed by atoms with Gasteiger partial charge in [-0.1, -0.05) is 91.0 Å². The van der Waals surface area contributed by atoms with Gasteiger partial charge in [-0.05, 0) is 11.1 Å². The molecule has 5 rings (SSSR count). The molecule has 48 heavy (non-hydrogen) atoms. The number of nitrogens with one attached hydrogen (secondary N) is 2. The van der Waals surface area contributed by atoms with Gasteiger partial charge >= 0.3 is 24.1 Å². The first-order valence-electron chi connectivity index (χ1n) is 15.2. The Morgan fingerprint density at radius 3 is 1.71 bits per heavy atom. The van der Waals surface area contributed by atoms with Crippen molar-refractivity contribution in [2.24, 2.45) is 0 Å². The number of alkyl carbamates (subject to hydrolysis) is 2. The number of amides is 2. The standard InChI is InChI=1S/C34H36N2O12/c1-41-32-30(47-27(38)18-36-34(40)44-20-23-13-7-3-8-14-23)29(28-25(45-32)21-42-31(48-28)24-15-9-4-10-16-24)46-26(37)17-35-33(39)43-19-22-11-5-2-6-12-22/h2-16,25,28-32H,17-21H2,1H3,(H,35,39)(H,36,40)/t25-,28+,29+,30+,31+,32+/m1/s1. The Kier molecular flexibility index (Phi) is 12.3. The molecule has 14 nitrogen and oxygen atoms in total. The summed E-state index contributed by atoms with van der Waals surface area (Å²) in [6, 6.07) is 27.1. The van der Waals surface area contributed by atoms with Crippen molar-refractivity contribution >= 4 is 24.1 Å². The van der Waals surface area contributed by atoms with Crippen LogP contribution in [0.5, 0.6) is 0 Å². The Hall–Kier alpha value is -5.02. The topological polar surface area (TPSA) is 166 Å². The molecule has 2 aliphatic heterocycles. The monoisotopic (exact) mass is 664 g/mol. The summed E-state index contributed by atoms with van der Waals surface area (Å²) in [6.07, 6.45) is -8.10. The number of benzene rings is 3. The lowest BCUT2D eigenvalue weighted by molar-refractivity contribution is -0.359. The predicted molar refractivity (Wildman–Crippen MR) is 165 cm³/mol. The van der Waals surface area contributed by atoms with Gasteiger partial charge in [0, 0.05) is 12.7 Å². The molecule has 0 bridgehead atoms. The van der Waals surface area contributed by atoms with E-state index in [1.54, 1.807) is 60.7 Å². The van der Waals surface area contributed by atoms with Crippen LogP contribution in [0.4, 0.5) is 9.59 Å². The minimum absolute atomic E-state index is 0.000847. The van der Waals surface area contributed by atoms with Gasteiger partial charge in [-0.25, -0.2) is 9.59 Å². The van der Waals surface area contributed by atoms with Crippen LogP contribution in [0.2, 0.25) is 0 Å². The van der Waals surface area contributed by atoms with E-state index >= 15 is 0 Å². The average molecular weight is 665 g/mol. The Labute approximate surface area is 276 Å². The molecule has 2 aliphatic rings. The molecule has 0 saturated carbocycles. The van der Waals surface area contributed by atoms with Crippen LogP contribution in [-0.2, 0) is 60.7 Å². The summed E-state index contributed by atoms with van der Waals surface area (Å²) < 4.78 is 45.3. The minimum atomic E-state index is -1.34. The predicted octanol–water partition coefficient (Wildman–Crippen LogP) is 3.15. The van der Waals surface area contributed by atoms with E-state index in [1.807, 2.05) is 30.3 Å². The van der Waals surface area contributed by atoms with E-state index in [9.17, 15) is 19.2 Å². The summed E-state index contributed by atoms with van der Waals surface area (Å²) in [5, 5.41) is 4.69. The molecule has 0 aliphatic carbocycles. The van der Waals surface area contributed by atoms with Gasteiger partial charge in [0.1, 0.15) is 38.5 Å². The third kappa shape index (κ3) is 9.75. The molecule has 3 aromatic carbocycles. The summed E-state index contributed by atoms with van der Waals surface area (Å²) >= 11 is 0. The zero-order valence-corrected chi connectivity index (χ0v) is 26.1. The van der Waals surface area contributed by atoms with E-state index in [1.165, 1.54) is 7.11 Å². The van der Waals surface area contributed by atoms with Gasteiger partial charge in [-0.2, -0.15) is 0 Å². The highest BCUT2D eigenvalue weighted by Gasteiger charge is 2.54. The smallest absolute Gasteiger partial charge is 0.407 e. The molecule has 6 atom stereocenters. The van der Waals surface area contributed by atoms with Gasteiger partial charge in [-0.3, -0.25) is 9.59 Å². The molecule has 0 spiro atoms. The molecule has 254 valence electrons. The molecule has 2 heterocycles. The summed E-state index contributed by atoms with van der Waals surface area (Å²) in [5.41, 5.74) is 2.23. The van der Waals surface area contributed by atoms with Crippen molar-refractivity contribution in [3.63, 3.8) is 0 Å². The number of methoxy groups -OCH3 is 1. The number of hydrogen-bond acceptors (Lipinski definition) is 12. The molecule has 0 aromatic heterocycles. The molecular formula is C34H36N2O12. The molecule has 3 aromatic rings. The number of ether oxygens (including phenoxy) is 8. The lowest BCUT2D eigenvalue weighted by atomic mass is 9.97. The van der Waals surface area contributed by atoms with Crippen molar-refractivity contribution in [1.29, 1.82) is 0 Å². The molecule has 2 amide bonds. The summed E-state index contributed by atoms with van der Waals surface area (Å²) in [5.74, 6) is -1.77. The summed E-state index contributed by atoms with van der Waals surface area (Å²) in [4.78, 5) is 50.5. The zero-order valence-electron chi connectivity index (χ0n) is 26.1. The van der Waals surface area contributed by atoms with Gasteiger partial charge in [0.25, 0.3) is 0 Å². The zero-order chi connectivity index (χ0) is 33.7. The lowest BCUT2D eigenvalue weighted by Crippen LogP contribution is -2.64. The van der Waals surface area contributed by atoms with Crippen molar-refractivity contribution in [3.05, 3.63) is 108 Å². The fourth-order valence-electron chi connectivity index (χ4n) is 5.00. The van der Waals surface area contributed by atoms with Crippen LogP contribution in [0, 0.1) is 0 Å². The Morgan fingerprint density at radius 2 is 1.19 bits per heavy atom. The van der Waals surface area contributed by atoms with Crippen LogP contribution in [-0.4, -0.2) is 81.6 Å². The van der Waals surface area contributed by atoms with Gasteiger partial charge in [-0.15, -0.1) is 0 Å². The maximum absolute atomic E-state index is 13.1. The van der Waals surface area contributed by atoms with Crippen LogP contribution in [0.3, 0.4) is 0 Å². The summed E-state index contributed by atoms with van der Waals surface area (Å²) in [7, 11) is 1.32. The van der Waals surface area contributed by atoms with Gasteiger partial charge in [0.05, 0.1) is 6.61 Å². The largest absolute Gasteiger partial charge is 0.454 e. The molecule has 2 saturated heterocycles. The number of esters is 2. The number of hydrogen-bond donors (Lipinski definition) is 2. The number of rotatable bonds is 12. The molecule has 0 unspecified atom stereocenters. The van der Waals surface area contributed by atoms with Crippen molar-refractivity contribution < 1.29 is 57.1 Å². The Bertz CT molecular complexity index is 1490. The Morgan fingerprint density at radius 1 is 0.688 bits per heavy atom. The normalized spacial score (nSPS) is 23.1. The second-order valence-corrected chi connectivity index (χ2v) is 10.7. The highest BCUT2D eigenvalue weighted by molar-refractivity contribution is 5.79. The van der Waals surface area contributed by atoms with Crippen LogP contribution < -0.4 is 10.6 Å². The first-order valence-corrected chi connectivity index (χ1v) is 15.2. The van der Waals surface area contributed by atoms with E-state index < -0.39 is 74.2 Å². The first-order chi connectivity index (χ1) is 23.4. The second kappa shape index (κ2) is 17.2. The van der Waals surface area contributed by atoms with Crippen molar-refractivity contribution in [2.75, 3.05) is 26.8 Å². The molecular weight excluding hydrogens is 628 g/mol. The highest BCUT2D eigenvalue weighted by Crippen LogP contribution is 2.36. The van der Waals surface area contributed by atoms with Crippen LogP contribution in [0.1, 0.15) is 23.0 Å². The van der Waals surface area contributed by atoms with Gasteiger partial charge in [0.15, 0.2) is 24.8 Å². The van der Waals surface area contributed by atoms with Crippen molar-refractivity contribution in [1.82, 2.24) is 10.6 Å². The minimum Gasteiger partial charge on any atom is -0.454 e. The van der Waals surface area contributed by atoms with E-state index in [-0.39, 0.29) is 19.8 Å². The third-order valence-electron chi connectivity index (χ3n) is 7.30. The lowest BCUT2D eigenvalue weighted by Gasteiger charge is -2.47. The third-order valence-corrected chi connectivity index (χ3v) is 7.30. The maximum atomic E-state index is 13.1. The van der Waals surface area contributed by atoms with Crippen molar-refractivity contribution in [3.8, 4) is 0 Å². The fraction of sp³-hybridized carbons (Fsp3) is 0.353. The summed E-state index contributed by atoms with van der Waals surface area (Å²) in [6.45, 7) is -1.09. The molecule has 2 fully saturated rings. The van der Waals surface area contributed by atoms with Crippen LogP contribution >= 0.6 is 0 Å². The van der Waals surface area contributed by atoms with Gasteiger partial charge < -0.3 is 48.5 Å². The number of carbonyl (C=O) groups is 4. The van der Waals surface area contributed by atoms with E-state index in [4.69, 9.17) is 37.9 Å². The van der Waals surface area contributed by atoms with E-state index in [0.717, 1.165) is 11.1 Å². The fourth-order valence-corrected chi connectivity index (χ4v) is 5.00. The molecule has 0 radical (unpaired) electrons. The van der Waals surface area contributed by atoms with Crippen molar-refractivity contribution in [2.45, 2.75) is 50.2 Å². The van der Waals surface area contributed by atoms with Crippen LogP contribution in [0.25, 0.3) is 0 Å². The Balaban J connectivity index is 1.23. The quantitative estimate of drug-likeness (QED) is 0.215. The average Bonchev–Trinajstić information content (AvgIpc) is 3.13. The van der Waals surface area contributed by atoms with E-state index in [2.05, 4.69) is 10.6 Å². The van der Waals surface area contributed by atoms with E-state index in [0.29, 0.717) is 5.56 Å². The highest BCUT2D eigenvalue weighted by atomic mass is 16.8. The number of carbonyl (C=O) groups excluding carboxylic acids is 4. The second-order valence-electron chi connectivity index (χ2n) is 10.7. The number of fused-ring (bicyclic) bond motifs is 1. The molecule has 14 heteroatoms. The first kappa shape index (κ1) is 34.3. The molecule has 2 N–H and O–H groups in total. The van der Waals surface area contributed by atoms with Crippen LogP contribution in [0.15, 0.2) is 91.0 Å². The maximum Gasteiger partial charge on any atom is 0.407 e. The van der Waals surface area contributed by atoms with Gasteiger partial charge in [0.2, 0.25) is 0 Å². The SMILES string of the molecule is CO[C@H]1O[C@@H]2CO[C@H](c3ccccc3)O[C@@H]2[C@H](OC(=O)CNC(=O)OCc2ccccc2)[C@@H]1OC(=O)CNC(=O)OCc1ccccc1.